The lowest BCUT2D eigenvalue weighted by Gasteiger charge is -2.46. The van der Waals surface area contributed by atoms with E-state index in [1.807, 2.05) is 30.3 Å². The Balaban J connectivity index is 1.28. The van der Waals surface area contributed by atoms with Crippen molar-refractivity contribution in [1.82, 2.24) is 20.3 Å². The molecule has 1 saturated heterocycles. The quantitative estimate of drug-likeness (QED) is 0.436. The first kappa shape index (κ1) is 25.6. The van der Waals surface area contributed by atoms with E-state index in [0.29, 0.717) is 23.1 Å². The largest absolute Gasteiger partial charge is 0.366 e. The average molecular weight is 511 g/mol. The molecule has 3 heterocycles. The highest BCUT2D eigenvalue weighted by Crippen LogP contribution is 2.29. The van der Waals surface area contributed by atoms with Gasteiger partial charge in [-0.15, -0.1) is 0 Å². The summed E-state index contributed by atoms with van der Waals surface area (Å²) in [7, 11) is 0. The molecule has 3 atom stereocenters. The van der Waals surface area contributed by atoms with E-state index in [0.717, 1.165) is 55.7 Å². The molecular weight excluding hydrogens is 476 g/mol. The van der Waals surface area contributed by atoms with Crippen LogP contribution in [0.25, 0.3) is 11.1 Å². The highest BCUT2D eigenvalue weighted by atomic mass is 16.1. The van der Waals surface area contributed by atoms with E-state index in [4.69, 9.17) is 11.0 Å². The number of nitrogens with one attached hydrogen (secondary N) is 2. The molecule has 1 aliphatic heterocycles. The van der Waals surface area contributed by atoms with Crippen LogP contribution in [0.4, 0.5) is 11.8 Å². The molecule has 0 spiro atoms. The number of nitriles is 1. The van der Waals surface area contributed by atoms with E-state index in [1.54, 1.807) is 24.7 Å². The van der Waals surface area contributed by atoms with Gasteiger partial charge in [0.05, 0.1) is 18.0 Å². The van der Waals surface area contributed by atoms with Crippen molar-refractivity contribution < 1.29 is 4.79 Å². The van der Waals surface area contributed by atoms with E-state index in [9.17, 15) is 4.79 Å². The van der Waals surface area contributed by atoms with Crippen molar-refractivity contribution in [3.8, 4) is 17.2 Å². The minimum absolute atomic E-state index is 0.0814. The van der Waals surface area contributed by atoms with Crippen LogP contribution in [0, 0.1) is 11.3 Å². The van der Waals surface area contributed by atoms with Crippen LogP contribution in [0.3, 0.4) is 0 Å². The molecule has 1 saturated carbocycles. The number of primary amides is 1. The molecule has 196 valence electrons. The van der Waals surface area contributed by atoms with E-state index >= 15 is 0 Å². The van der Waals surface area contributed by atoms with Gasteiger partial charge in [-0.3, -0.25) is 4.79 Å². The van der Waals surface area contributed by atoms with Gasteiger partial charge in [0.25, 0.3) is 0 Å². The Morgan fingerprint density at radius 2 is 1.84 bits per heavy atom. The summed E-state index contributed by atoms with van der Waals surface area (Å²) in [6, 6.07) is 14.0. The van der Waals surface area contributed by atoms with Gasteiger partial charge in [0.1, 0.15) is 11.9 Å². The van der Waals surface area contributed by atoms with E-state index in [1.165, 1.54) is 12.8 Å². The fraction of sp³-hybridized carbons (Fsp3) is 0.414. The first-order valence-corrected chi connectivity index (χ1v) is 13.3. The van der Waals surface area contributed by atoms with Crippen molar-refractivity contribution in [3.05, 3.63) is 66.1 Å². The molecule has 1 amide bonds. The second-order valence-electron chi connectivity index (χ2n) is 10.6. The molecule has 2 aliphatic rings. The number of piperidine rings is 1. The Kier molecular flexibility index (Phi) is 7.52. The number of hydrogen-bond acceptors (Lipinski definition) is 8. The maximum Gasteiger partial charge on any atom is 0.248 e. The van der Waals surface area contributed by atoms with Gasteiger partial charge in [-0.2, -0.15) is 5.26 Å². The predicted molar refractivity (Wildman–Crippen MR) is 148 cm³/mol. The summed E-state index contributed by atoms with van der Waals surface area (Å²) in [5.41, 5.74) is 8.29. The number of anilines is 2. The van der Waals surface area contributed by atoms with Gasteiger partial charge in [-0.25, -0.2) is 15.0 Å². The predicted octanol–water partition coefficient (Wildman–Crippen LogP) is 3.88. The second-order valence-corrected chi connectivity index (χ2v) is 10.6. The van der Waals surface area contributed by atoms with Crippen LogP contribution in [-0.2, 0) is 0 Å². The van der Waals surface area contributed by atoms with Crippen LogP contribution in [0.2, 0.25) is 0 Å². The van der Waals surface area contributed by atoms with Crippen LogP contribution in [-0.4, -0.2) is 51.6 Å². The zero-order valence-electron chi connectivity index (χ0n) is 21.7. The van der Waals surface area contributed by atoms with Crippen molar-refractivity contribution >= 4 is 17.7 Å². The maximum absolute atomic E-state index is 11.6. The van der Waals surface area contributed by atoms with E-state index in [2.05, 4.69) is 43.5 Å². The molecule has 1 aromatic carbocycles. The lowest BCUT2D eigenvalue weighted by molar-refractivity contribution is 0.100. The lowest BCUT2D eigenvalue weighted by Crippen LogP contribution is -2.61. The number of carbonyl (C=O) groups is 1. The Morgan fingerprint density at radius 3 is 2.61 bits per heavy atom. The van der Waals surface area contributed by atoms with Crippen molar-refractivity contribution in [1.29, 1.82) is 5.26 Å². The molecule has 4 N–H and O–H groups in total. The van der Waals surface area contributed by atoms with Gasteiger partial charge in [0.2, 0.25) is 11.9 Å². The first-order chi connectivity index (χ1) is 18.4. The Morgan fingerprint density at radius 1 is 1.08 bits per heavy atom. The molecule has 0 bridgehead atoms. The summed E-state index contributed by atoms with van der Waals surface area (Å²) in [4.78, 5) is 27.3. The summed E-state index contributed by atoms with van der Waals surface area (Å²) in [5.74, 6) is 1.07. The van der Waals surface area contributed by atoms with E-state index < -0.39 is 5.91 Å². The zero-order chi connectivity index (χ0) is 26.5. The SMILES string of the molecule is CC1(NC2CCCCC2Nc2cc(-c3cccc(C(N)=O)c3)ccn2)CCCN(c2ncc(C#N)cn2)C1. The van der Waals surface area contributed by atoms with Gasteiger partial charge in [-0.05, 0) is 68.0 Å². The van der Waals surface area contributed by atoms with Crippen molar-refractivity contribution in [2.75, 3.05) is 23.3 Å². The molecule has 9 nitrogen and oxygen atoms in total. The number of hydrogen-bond donors (Lipinski definition) is 3. The highest BCUT2D eigenvalue weighted by molar-refractivity contribution is 5.94. The van der Waals surface area contributed by atoms with Crippen LogP contribution in [0.5, 0.6) is 0 Å². The molecule has 3 aromatic rings. The summed E-state index contributed by atoms with van der Waals surface area (Å²) in [5, 5.41) is 16.8. The van der Waals surface area contributed by atoms with Gasteiger partial charge in [0, 0.05) is 42.5 Å². The van der Waals surface area contributed by atoms with Crippen LogP contribution < -0.4 is 21.3 Å². The van der Waals surface area contributed by atoms with Gasteiger partial charge < -0.3 is 21.3 Å². The maximum atomic E-state index is 11.6. The molecular formula is C29H34N8O. The van der Waals surface area contributed by atoms with Crippen LogP contribution in [0.15, 0.2) is 55.0 Å². The van der Waals surface area contributed by atoms with Crippen molar-refractivity contribution in [3.63, 3.8) is 0 Å². The summed E-state index contributed by atoms with van der Waals surface area (Å²) < 4.78 is 0. The Labute approximate surface area is 223 Å². The average Bonchev–Trinajstić information content (AvgIpc) is 2.94. The van der Waals surface area contributed by atoms with Gasteiger partial charge in [-0.1, -0.05) is 25.0 Å². The third-order valence-electron chi connectivity index (χ3n) is 7.62. The lowest BCUT2D eigenvalue weighted by atomic mass is 9.85. The molecule has 2 fully saturated rings. The monoisotopic (exact) mass is 510 g/mol. The van der Waals surface area contributed by atoms with Crippen LogP contribution in [0.1, 0.15) is 61.4 Å². The van der Waals surface area contributed by atoms with Crippen molar-refractivity contribution in [2.45, 2.75) is 63.1 Å². The molecule has 3 unspecified atom stereocenters. The Bertz CT molecular complexity index is 1320. The van der Waals surface area contributed by atoms with Gasteiger partial charge in [0.15, 0.2) is 0 Å². The second kappa shape index (κ2) is 11.2. The number of pyridine rings is 1. The minimum atomic E-state index is -0.434. The third kappa shape index (κ3) is 5.92. The summed E-state index contributed by atoms with van der Waals surface area (Å²) in [6.07, 6.45) is 11.7. The number of rotatable bonds is 7. The molecule has 5 rings (SSSR count). The van der Waals surface area contributed by atoms with Crippen LogP contribution >= 0.6 is 0 Å². The van der Waals surface area contributed by atoms with Crippen molar-refractivity contribution in [2.24, 2.45) is 5.73 Å². The van der Waals surface area contributed by atoms with Gasteiger partial charge >= 0.3 is 0 Å². The molecule has 1 aliphatic carbocycles. The fourth-order valence-electron chi connectivity index (χ4n) is 5.73. The van der Waals surface area contributed by atoms with E-state index in [-0.39, 0.29) is 11.6 Å². The number of amides is 1. The summed E-state index contributed by atoms with van der Waals surface area (Å²) >= 11 is 0. The smallest absolute Gasteiger partial charge is 0.248 e. The molecule has 38 heavy (non-hydrogen) atoms. The number of nitrogens with zero attached hydrogens (tertiary/aromatic N) is 5. The topological polar surface area (TPSA) is 133 Å². The number of nitrogens with two attached hydrogens (primary N) is 1. The zero-order valence-corrected chi connectivity index (χ0v) is 21.7. The highest BCUT2D eigenvalue weighted by Gasteiger charge is 2.37. The minimum Gasteiger partial charge on any atom is -0.366 e. The number of carbonyl (C=O) groups excluding carboxylic acids is 1. The Hall–Kier alpha value is -4.03. The fourth-order valence-corrected chi connectivity index (χ4v) is 5.73. The molecule has 0 radical (unpaired) electrons. The molecule has 9 heteroatoms. The normalized spacial score (nSPS) is 23.4. The standard InChI is InChI=1S/C29H34N8O/c1-29(11-5-13-37(19-29)28-33-17-20(16-30)18-34-28)36-25-9-3-2-8-24(25)35-26-15-22(10-12-32-26)21-6-4-7-23(14-21)27(31)38/h4,6-7,10,12,14-15,17-18,24-25,36H,2-3,5,8-9,11,13,19H2,1H3,(H2,31,38)(H,32,35). The number of aromatic nitrogens is 3. The third-order valence-corrected chi connectivity index (χ3v) is 7.62. The summed E-state index contributed by atoms with van der Waals surface area (Å²) in [6.45, 7) is 4.01. The first-order valence-electron chi connectivity index (χ1n) is 13.3. The number of benzene rings is 1. The molecule has 2 aromatic heterocycles.